The smallest absolute Gasteiger partial charge is 0.0936 e. The maximum Gasteiger partial charge on any atom is 0.0936 e. The van der Waals surface area contributed by atoms with E-state index in [4.69, 9.17) is 14.2 Å². The lowest BCUT2D eigenvalue weighted by atomic mass is 10.2. The molecular weight excluding hydrogens is 206 g/mol. The summed E-state index contributed by atoms with van der Waals surface area (Å²) in [5.74, 6) is 0. The molecular formula is C12H23NO3. The Bertz CT molecular complexity index is 212. The van der Waals surface area contributed by atoms with Crippen molar-refractivity contribution in [3.8, 4) is 0 Å². The van der Waals surface area contributed by atoms with Gasteiger partial charge < -0.3 is 19.5 Å². The number of nitrogens with one attached hydrogen (secondary N) is 1. The van der Waals surface area contributed by atoms with Crippen molar-refractivity contribution in [2.24, 2.45) is 0 Å². The predicted molar refractivity (Wildman–Crippen MR) is 61.6 cm³/mol. The fraction of sp³-hybridized carbons (Fsp3) is 1.00. The van der Waals surface area contributed by atoms with Gasteiger partial charge in [-0.2, -0.15) is 0 Å². The Kier molecular flexibility index (Phi) is 4.58. The number of rotatable bonds is 4. The van der Waals surface area contributed by atoms with Gasteiger partial charge in [-0.3, -0.25) is 0 Å². The quantitative estimate of drug-likeness (QED) is 0.779. The van der Waals surface area contributed by atoms with E-state index in [0.29, 0.717) is 31.5 Å². The molecule has 4 atom stereocenters. The van der Waals surface area contributed by atoms with Gasteiger partial charge in [0, 0.05) is 13.1 Å². The molecule has 0 radical (unpaired) electrons. The first-order valence-corrected chi connectivity index (χ1v) is 6.33. The van der Waals surface area contributed by atoms with E-state index in [0.717, 1.165) is 25.9 Å². The number of morpholine rings is 1. The predicted octanol–water partition coefficient (Wildman–Crippen LogP) is 0.947. The summed E-state index contributed by atoms with van der Waals surface area (Å²) in [6.45, 7) is 7.42. The van der Waals surface area contributed by atoms with Gasteiger partial charge in [0.05, 0.1) is 37.6 Å². The molecule has 94 valence electrons. The number of ether oxygens (including phenoxy) is 3. The third-order valence-corrected chi connectivity index (χ3v) is 3.16. The minimum absolute atomic E-state index is 0.197. The largest absolute Gasteiger partial charge is 0.376 e. The fourth-order valence-corrected chi connectivity index (χ4v) is 2.31. The molecule has 2 saturated heterocycles. The van der Waals surface area contributed by atoms with Gasteiger partial charge in [-0.1, -0.05) is 0 Å². The summed E-state index contributed by atoms with van der Waals surface area (Å²) in [6.07, 6.45) is 3.48. The van der Waals surface area contributed by atoms with Crippen LogP contribution in [0.2, 0.25) is 0 Å². The molecule has 2 heterocycles. The van der Waals surface area contributed by atoms with Gasteiger partial charge in [-0.15, -0.1) is 0 Å². The highest BCUT2D eigenvalue weighted by Crippen LogP contribution is 2.19. The van der Waals surface area contributed by atoms with Gasteiger partial charge >= 0.3 is 0 Å². The van der Waals surface area contributed by atoms with Gasteiger partial charge in [0.2, 0.25) is 0 Å². The highest BCUT2D eigenvalue weighted by Gasteiger charge is 2.23. The van der Waals surface area contributed by atoms with E-state index >= 15 is 0 Å². The van der Waals surface area contributed by atoms with Gasteiger partial charge in [-0.25, -0.2) is 0 Å². The lowest BCUT2D eigenvalue weighted by Crippen LogP contribution is -2.45. The molecule has 2 rings (SSSR count). The molecule has 0 aromatic rings. The molecule has 0 spiro atoms. The van der Waals surface area contributed by atoms with Crippen molar-refractivity contribution >= 4 is 0 Å². The first-order valence-electron chi connectivity index (χ1n) is 6.33. The lowest BCUT2D eigenvalue weighted by molar-refractivity contribution is -0.0845. The zero-order valence-corrected chi connectivity index (χ0v) is 10.3. The third-order valence-electron chi connectivity index (χ3n) is 3.16. The van der Waals surface area contributed by atoms with Crippen molar-refractivity contribution in [1.82, 2.24) is 5.32 Å². The van der Waals surface area contributed by atoms with E-state index in [2.05, 4.69) is 19.2 Å². The van der Waals surface area contributed by atoms with Gasteiger partial charge in [0.25, 0.3) is 0 Å². The third kappa shape index (κ3) is 3.70. The molecule has 4 heteroatoms. The summed E-state index contributed by atoms with van der Waals surface area (Å²) >= 11 is 0. The summed E-state index contributed by atoms with van der Waals surface area (Å²) in [5.41, 5.74) is 0. The maximum absolute atomic E-state index is 5.74. The van der Waals surface area contributed by atoms with Crippen LogP contribution in [0.1, 0.15) is 26.7 Å². The monoisotopic (exact) mass is 229 g/mol. The molecule has 0 bridgehead atoms. The Labute approximate surface area is 97.6 Å². The SMILES string of the molecule is CC1CCC(COCC2CNCC(C)O2)O1. The van der Waals surface area contributed by atoms with Crippen LogP contribution in [0.5, 0.6) is 0 Å². The second kappa shape index (κ2) is 5.96. The van der Waals surface area contributed by atoms with Crippen molar-refractivity contribution in [2.45, 2.75) is 51.1 Å². The van der Waals surface area contributed by atoms with Gasteiger partial charge in [0.1, 0.15) is 0 Å². The molecule has 2 aliphatic heterocycles. The Morgan fingerprint density at radius 2 is 1.75 bits per heavy atom. The van der Waals surface area contributed by atoms with E-state index in [1.807, 2.05) is 0 Å². The Morgan fingerprint density at radius 3 is 2.44 bits per heavy atom. The van der Waals surface area contributed by atoms with Crippen LogP contribution in [-0.2, 0) is 14.2 Å². The Balaban J connectivity index is 1.57. The first-order chi connectivity index (χ1) is 7.74. The second-order valence-electron chi connectivity index (χ2n) is 4.91. The van der Waals surface area contributed by atoms with Crippen molar-refractivity contribution in [2.75, 3.05) is 26.3 Å². The topological polar surface area (TPSA) is 39.7 Å². The van der Waals surface area contributed by atoms with Crippen molar-refractivity contribution in [3.63, 3.8) is 0 Å². The van der Waals surface area contributed by atoms with Crippen LogP contribution >= 0.6 is 0 Å². The van der Waals surface area contributed by atoms with Crippen molar-refractivity contribution in [3.05, 3.63) is 0 Å². The van der Waals surface area contributed by atoms with Gasteiger partial charge in [-0.05, 0) is 26.7 Å². The molecule has 0 aromatic heterocycles. The first kappa shape index (κ1) is 12.3. The van der Waals surface area contributed by atoms with Crippen LogP contribution < -0.4 is 5.32 Å². The summed E-state index contributed by atoms with van der Waals surface area (Å²) in [7, 11) is 0. The van der Waals surface area contributed by atoms with Crippen LogP contribution in [0.15, 0.2) is 0 Å². The standard InChI is InChI=1S/C12H23NO3/c1-9-3-4-11(15-9)7-14-8-12-6-13-5-10(2)16-12/h9-13H,3-8H2,1-2H3. The maximum atomic E-state index is 5.74. The highest BCUT2D eigenvalue weighted by atomic mass is 16.6. The summed E-state index contributed by atoms with van der Waals surface area (Å²) in [6, 6.07) is 0. The zero-order valence-electron chi connectivity index (χ0n) is 10.3. The molecule has 16 heavy (non-hydrogen) atoms. The van der Waals surface area contributed by atoms with E-state index in [1.165, 1.54) is 0 Å². The normalized spacial score (nSPS) is 40.1. The molecule has 1 N–H and O–H groups in total. The van der Waals surface area contributed by atoms with E-state index in [1.54, 1.807) is 0 Å². The summed E-state index contributed by atoms with van der Waals surface area (Å²) < 4.78 is 17.1. The second-order valence-corrected chi connectivity index (χ2v) is 4.91. The summed E-state index contributed by atoms with van der Waals surface area (Å²) in [5, 5.41) is 3.33. The minimum Gasteiger partial charge on any atom is -0.376 e. The van der Waals surface area contributed by atoms with E-state index in [9.17, 15) is 0 Å². The minimum atomic E-state index is 0.197. The van der Waals surface area contributed by atoms with Crippen molar-refractivity contribution < 1.29 is 14.2 Å². The average molecular weight is 229 g/mol. The highest BCUT2D eigenvalue weighted by molar-refractivity contribution is 4.73. The average Bonchev–Trinajstić information content (AvgIpc) is 2.64. The molecule has 0 saturated carbocycles. The number of hydrogen-bond acceptors (Lipinski definition) is 4. The molecule has 0 aliphatic carbocycles. The van der Waals surface area contributed by atoms with Gasteiger partial charge in [0.15, 0.2) is 0 Å². The Morgan fingerprint density at radius 1 is 1.00 bits per heavy atom. The van der Waals surface area contributed by atoms with Crippen LogP contribution in [0, 0.1) is 0 Å². The number of hydrogen-bond donors (Lipinski definition) is 1. The molecule has 0 aromatic carbocycles. The van der Waals surface area contributed by atoms with E-state index < -0.39 is 0 Å². The summed E-state index contributed by atoms with van der Waals surface area (Å²) in [4.78, 5) is 0. The van der Waals surface area contributed by atoms with Crippen LogP contribution in [0.4, 0.5) is 0 Å². The fourth-order valence-electron chi connectivity index (χ4n) is 2.31. The molecule has 4 unspecified atom stereocenters. The molecule has 2 aliphatic rings. The lowest BCUT2D eigenvalue weighted by Gasteiger charge is -2.28. The molecule has 4 nitrogen and oxygen atoms in total. The van der Waals surface area contributed by atoms with E-state index in [-0.39, 0.29) is 6.10 Å². The molecule has 2 fully saturated rings. The molecule has 0 amide bonds. The van der Waals surface area contributed by atoms with Crippen LogP contribution in [0.3, 0.4) is 0 Å². The van der Waals surface area contributed by atoms with Crippen LogP contribution in [-0.4, -0.2) is 50.7 Å². The van der Waals surface area contributed by atoms with Crippen LogP contribution in [0.25, 0.3) is 0 Å². The Hall–Kier alpha value is -0.160. The zero-order chi connectivity index (χ0) is 11.4. The van der Waals surface area contributed by atoms with Crippen molar-refractivity contribution in [1.29, 1.82) is 0 Å².